The van der Waals surface area contributed by atoms with Gasteiger partial charge in [0.2, 0.25) is 0 Å². The smallest absolute Gasteiger partial charge is 0.185 e. The molecule has 0 bridgehead atoms. The number of allylic oxidation sites excluding steroid dienone is 2. The highest BCUT2D eigenvalue weighted by Gasteiger charge is 2.48. The zero-order valence-electron chi connectivity index (χ0n) is 9.82. The topological polar surface area (TPSA) is 17.1 Å². The molecule has 0 spiro atoms. The maximum absolute atomic E-state index is 11.5. The average molecular weight is 271 g/mol. The normalized spacial score (nSPS) is 24.8. The molecule has 17 heavy (non-hydrogen) atoms. The molecule has 0 heterocycles. The molecule has 0 N–H and O–H groups in total. The van der Waals surface area contributed by atoms with E-state index >= 15 is 0 Å². The van der Waals surface area contributed by atoms with Gasteiger partial charge in [-0.15, -0.1) is 0 Å². The summed E-state index contributed by atoms with van der Waals surface area (Å²) < 4.78 is -0.604. The van der Waals surface area contributed by atoms with Crippen LogP contribution in [-0.2, 0) is 12.8 Å². The van der Waals surface area contributed by atoms with E-state index in [-0.39, 0.29) is 0 Å². The third kappa shape index (κ3) is 2.08. The van der Waals surface area contributed by atoms with E-state index in [1.54, 1.807) is 0 Å². The fourth-order valence-electron chi connectivity index (χ4n) is 2.93. The second kappa shape index (κ2) is 4.13. The van der Waals surface area contributed by atoms with Crippen molar-refractivity contribution in [2.75, 3.05) is 0 Å². The Morgan fingerprint density at radius 3 is 1.65 bits per heavy atom. The van der Waals surface area contributed by atoms with Crippen LogP contribution in [0.2, 0.25) is 0 Å². The summed E-state index contributed by atoms with van der Waals surface area (Å²) in [5, 5.41) is 0. The molecule has 2 aliphatic rings. The van der Waals surface area contributed by atoms with Gasteiger partial charge in [-0.05, 0) is 62.5 Å². The van der Waals surface area contributed by atoms with Gasteiger partial charge in [0.25, 0.3) is 0 Å². The van der Waals surface area contributed by atoms with E-state index in [2.05, 4.69) is 0 Å². The number of alkyl halides is 2. The fraction of sp³-hybridized carbons (Fsp3) is 0.643. The number of halogens is 2. The van der Waals surface area contributed by atoms with Gasteiger partial charge >= 0.3 is 0 Å². The van der Waals surface area contributed by atoms with Crippen molar-refractivity contribution in [1.29, 1.82) is 0 Å². The van der Waals surface area contributed by atoms with Gasteiger partial charge in [0, 0.05) is 11.1 Å². The van der Waals surface area contributed by atoms with Gasteiger partial charge in [-0.2, -0.15) is 0 Å². The van der Waals surface area contributed by atoms with Crippen molar-refractivity contribution in [2.45, 2.75) is 55.7 Å². The molecular weight excluding hydrogens is 255 g/mol. The Kier molecular flexibility index (Phi) is 2.87. The molecule has 2 aliphatic carbocycles. The van der Waals surface area contributed by atoms with E-state index < -0.39 is 4.33 Å². The minimum Gasteiger partial charge on any atom is -0.289 e. The van der Waals surface area contributed by atoms with Crippen LogP contribution in [-0.4, -0.2) is 4.33 Å². The van der Waals surface area contributed by atoms with Crippen molar-refractivity contribution in [3.8, 4) is 0 Å². The van der Waals surface area contributed by atoms with E-state index in [1.165, 1.54) is 11.1 Å². The van der Waals surface area contributed by atoms with E-state index in [4.69, 9.17) is 23.2 Å². The van der Waals surface area contributed by atoms with Gasteiger partial charge in [-0.25, -0.2) is 0 Å². The highest BCUT2D eigenvalue weighted by Crippen LogP contribution is 2.57. The minimum absolute atomic E-state index is 0.360. The minimum atomic E-state index is -0.604. The lowest BCUT2D eigenvalue weighted by atomic mass is 10.1. The molecule has 1 aromatic rings. The maximum atomic E-state index is 11.5. The van der Waals surface area contributed by atoms with Crippen LogP contribution < -0.4 is 5.43 Å². The number of hydrogen-bond acceptors (Lipinski definition) is 1. The fourth-order valence-corrected chi connectivity index (χ4v) is 3.67. The van der Waals surface area contributed by atoms with E-state index in [9.17, 15) is 4.79 Å². The number of rotatable bonds is 0. The van der Waals surface area contributed by atoms with Crippen LogP contribution in [0.5, 0.6) is 0 Å². The van der Waals surface area contributed by atoms with Crippen molar-refractivity contribution in [3.05, 3.63) is 32.5 Å². The average Bonchev–Trinajstić information content (AvgIpc) is 3.03. The summed E-state index contributed by atoms with van der Waals surface area (Å²) in [6.45, 7) is 0. The standard InChI is InChI=1S/C14H16Cl2O/c15-14(16)11-7-3-1-5-9-10(13(9)17)6-2-4-8-12(11)14/h1-8H2. The first-order valence-electron chi connectivity index (χ1n) is 6.50. The van der Waals surface area contributed by atoms with E-state index in [0.717, 1.165) is 62.5 Å². The molecule has 0 saturated carbocycles. The zero-order valence-corrected chi connectivity index (χ0v) is 11.3. The predicted octanol–water partition coefficient (Wildman–Crippen LogP) is 3.85. The summed E-state index contributed by atoms with van der Waals surface area (Å²) in [6.07, 6.45) is 8.34. The lowest BCUT2D eigenvalue weighted by Gasteiger charge is -2.00. The molecule has 0 atom stereocenters. The first kappa shape index (κ1) is 11.8. The molecule has 0 saturated heterocycles. The van der Waals surface area contributed by atoms with Crippen molar-refractivity contribution < 1.29 is 0 Å². The molecular formula is C14H16Cl2O. The second-order valence-electron chi connectivity index (χ2n) is 5.23. The third-order valence-electron chi connectivity index (χ3n) is 4.12. The van der Waals surface area contributed by atoms with Crippen LogP contribution in [0.4, 0.5) is 0 Å². The molecule has 3 rings (SSSR count). The Morgan fingerprint density at radius 1 is 0.765 bits per heavy atom. The molecule has 1 nitrogen and oxygen atoms in total. The number of fused-ring (bicyclic) bond motifs is 1. The molecule has 1 aromatic carbocycles. The molecule has 0 radical (unpaired) electrons. The highest BCUT2D eigenvalue weighted by molar-refractivity contribution is 6.56. The van der Waals surface area contributed by atoms with Crippen LogP contribution in [0.3, 0.4) is 0 Å². The van der Waals surface area contributed by atoms with Crippen LogP contribution >= 0.6 is 23.2 Å². The molecule has 0 unspecified atom stereocenters. The van der Waals surface area contributed by atoms with Crippen molar-refractivity contribution in [1.82, 2.24) is 0 Å². The van der Waals surface area contributed by atoms with Gasteiger partial charge in [0.15, 0.2) is 9.76 Å². The van der Waals surface area contributed by atoms with Crippen LogP contribution in [0.25, 0.3) is 0 Å². The largest absolute Gasteiger partial charge is 0.289 e. The van der Waals surface area contributed by atoms with Crippen LogP contribution in [0, 0.1) is 0 Å². The first-order chi connectivity index (χ1) is 8.12. The van der Waals surface area contributed by atoms with Gasteiger partial charge in [0.1, 0.15) is 0 Å². The van der Waals surface area contributed by atoms with Gasteiger partial charge in [-0.1, -0.05) is 23.2 Å². The van der Waals surface area contributed by atoms with Crippen LogP contribution in [0.15, 0.2) is 15.9 Å². The summed E-state index contributed by atoms with van der Waals surface area (Å²) in [7, 11) is 0. The molecule has 0 aromatic heterocycles. The maximum Gasteiger partial charge on any atom is 0.185 e. The molecule has 0 amide bonds. The van der Waals surface area contributed by atoms with Gasteiger partial charge in [-0.3, -0.25) is 4.79 Å². The lowest BCUT2D eigenvalue weighted by molar-refractivity contribution is 0.723. The summed E-state index contributed by atoms with van der Waals surface area (Å²) in [5.41, 5.74) is 5.13. The monoisotopic (exact) mass is 270 g/mol. The van der Waals surface area contributed by atoms with E-state index in [0.29, 0.717) is 5.43 Å². The predicted molar refractivity (Wildman–Crippen MR) is 71.7 cm³/mol. The second-order valence-corrected chi connectivity index (χ2v) is 6.56. The Balaban J connectivity index is 1.64. The SMILES string of the molecule is O=c1c2c1CCCCC1=C(CCCC2)C1(Cl)Cl. The lowest BCUT2D eigenvalue weighted by Crippen LogP contribution is -1.94. The third-order valence-corrected chi connectivity index (χ3v) is 5.03. The Bertz CT molecular complexity index is 450. The van der Waals surface area contributed by atoms with Crippen molar-refractivity contribution in [2.24, 2.45) is 0 Å². The van der Waals surface area contributed by atoms with Gasteiger partial charge < -0.3 is 0 Å². The Labute approximate surface area is 111 Å². The highest BCUT2D eigenvalue weighted by atomic mass is 35.5. The number of hydrogen-bond donors (Lipinski definition) is 0. The summed E-state index contributed by atoms with van der Waals surface area (Å²) in [4.78, 5) is 11.5. The molecule has 0 aliphatic heterocycles. The Hall–Kier alpha value is -0.270. The van der Waals surface area contributed by atoms with Gasteiger partial charge in [0.05, 0.1) is 0 Å². The van der Waals surface area contributed by atoms with E-state index in [1.807, 2.05) is 0 Å². The molecule has 92 valence electrons. The van der Waals surface area contributed by atoms with Crippen LogP contribution in [0.1, 0.15) is 49.7 Å². The van der Waals surface area contributed by atoms with Crippen molar-refractivity contribution in [3.63, 3.8) is 0 Å². The first-order valence-corrected chi connectivity index (χ1v) is 7.25. The zero-order chi connectivity index (χ0) is 12.0. The van der Waals surface area contributed by atoms with Crippen molar-refractivity contribution >= 4 is 23.2 Å². The Morgan fingerprint density at radius 2 is 1.18 bits per heavy atom. The summed E-state index contributed by atoms with van der Waals surface area (Å²) in [5.74, 6) is 0. The molecule has 0 fully saturated rings. The quantitative estimate of drug-likeness (QED) is 0.517. The summed E-state index contributed by atoms with van der Waals surface area (Å²) in [6, 6.07) is 0. The molecule has 3 heteroatoms. The summed E-state index contributed by atoms with van der Waals surface area (Å²) >= 11 is 12.5.